The van der Waals surface area contributed by atoms with Gasteiger partial charge in [0.1, 0.15) is 4.90 Å². The van der Waals surface area contributed by atoms with E-state index < -0.39 is 10.0 Å². The van der Waals surface area contributed by atoms with E-state index in [1.807, 2.05) is 0 Å². The molecule has 0 aromatic carbocycles. The number of halogens is 1. The van der Waals surface area contributed by atoms with Crippen molar-refractivity contribution in [1.82, 2.24) is 9.29 Å². The Morgan fingerprint density at radius 1 is 1.62 bits per heavy atom. The Hall–Kier alpha value is -0.570. The summed E-state index contributed by atoms with van der Waals surface area (Å²) in [6.07, 6.45) is 2.78. The molecule has 0 aliphatic carbocycles. The van der Waals surface area contributed by atoms with Crippen LogP contribution in [-0.4, -0.2) is 36.3 Å². The van der Waals surface area contributed by atoms with Crippen LogP contribution in [0.1, 0.15) is 0 Å². The van der Waals surface area contributed by atoms with Crippen molar-refractivity contribution in [1.29, 1.82) is 0 Å². The Balaban J connectivity index is 3.07. The van der Waals surface area contributed by atoms with Crippen molar-refractivity contribution in [3.05, 3.63) is 22.9 Å². The molecule has 0 radical (unpaired) electrons. The normalized spacial score (nSPS) is 11.7. The number of rotatable bonds is 4. The van der Waals surface area contributed by atoms with E-state index in [4.69, 9.17) is 5.73 Å². The summed E-state index contributed by atoms with van der Waals surface area (Å²) in [5, 5.41) is 0. The van der Waals surface area contributed by atoms with Crippen LogP contribution in [0.5, 0.6) is 0 Å². The Morgan fingerprint density at radius 2 is 2.25 bits per heavy atom. The Labute approximate surface area is 108 Å². The molecule has 0 aliphatic heterocycles. The standard InChI is InChI=1S/C8H10BrN3O2S2/c1-12(5-8(10)15)16(13,14)7-2-6(9)3-11-4-7/h2-4H,5H2,1H3,(H2,10,15). The molecule has 0 saturated carbocycles. The second-order valence-electron chi connectivity index (χ2n) is 3.07. The van der Waals surface area contributed by atoms with Crippen molar-refractivity contribution < 1.29 is 8.42 Å². The number of likely N-dealkylation sites (N-methyl/N-ethyl adjacent to an activating group) is 1. The van der Waals surface area contributed by atoms with E-state index in [0.717, 1.165) is 4.31 Å². The van der Waals surface area contributed by atoms with Crippen LogP contribution in [0.4, 0.5) is 0 Å². The minimum Gasteiger partial charge on any atom is -0.392 e. The van der Waals surface area contributed by atoms with Gasteiger partial charge >= 0.3 is 0 Å². The van der Waals surface area contributed by atoms with Gasteiger partial charge in [-0.1, -0.05) is 12.2 Å². The van der Waals surface area contributed by atoms with Crippen LogP contribution in [-0.2, 0) is 10.0 Å². The van der Waals surface area contributed by atoms with Gasteiger partial charge in [0.2, 0.25) is 10.0 Å². The topological polar surface area (TPSA) is 76.3 Å². The van der Waals surface area contributed by atoms with E-state index in [1.54, 1.807) is 0 Å². The number of pyridine rings is 1. The lowest BCUT2D eigenvalue weighted by Gasteiger charge is -2.15. The molecule has 0 unspecified atom stereocenters. The van der Waals surface area contributed by atoms with Crippen molar-refractivity contribution in [2.45, 2.75) is 4.90 Å². The third-order valence-electron chi connectivity index (χ3n) is 1.77. The van der Waals surface area contributed by atoms with Gasteiger partial charge in [0.15, 0.2) is 0 Å². The molecular weight excluding hydrogens is 314 g/mol. The summed E-state index contributed by atoms with van der Waals surface area (Å²) in [6.45, 7) is 0.00415. The molecule has 0 fully saturated rings. The van der Waals surface area contributed by atoms with Gasteiger partial charge in [-0.2, -0.15) is 4.31 Å². The van der Waals surface area contributed by atoms with Crippen LogP contribution in [0.3, 0.4) is 0 Å². The molecule has 16 heavy (non-hydrogen) atoms. The second-order valence-corrected chi connectivity index (χ2v) is 6.55. The molecule has 0 atom stereocenters. The lowest BCUT2D eigenvalue weighted by molar-refractivity contribution is 0.505. The number of aromatic nitrogens is 1. The van der Waals surface area contributed by atoms with Crippen molar-refractivity contribution in [2.75, 3.05) is 13.6 Å². The molecule has 88 valence electrons. The molecule has 5 nitrogen and oxygen atoms in total. The number of nitrogens with zero attached hydrogens (tertiary/aromatic N) is 2. The van der Waals surface area contributed by atoms with Crippen molar-refractivity contribution in [2.24, 2.45) is 5.73 Å². The van der Waals surface area contributed by atoms with Gasteiger partial charge < -0.3 is 5.73 Å². The molecule has 0 amide bonds. The largest absolute Gasteiger partial charge is 0.392 e. The average molecular weight is 324 g/mol. The number of sulfonamides is 1. The third-order valence-corrected chi connectivity index (χ3v) is 4.10. The Morgan fingerprint density at radius 3 is 2.75 bits per heavy atom. The van der Waals surface area contributed by atoms with Gasteiger partial charge in [-0.15, -0.1) is 0 Å². The molecule has 1 aromatic rings. The van der Waals surface area contributed by atoms with Crippen LogP contribution in [0.15, 0.2) is 27.8 Å². The van der Waals surface area contributed by atoms with Gasteiger partial charge in [-0.25, -0.2) is 8.42 Å². The predicted molar refractivity (Wildman–Crippen MR) is 68.5 cm³/mol. The molecule has 0 aliphatic rings. The SMILES string of the molecule is CN(CC(N)=S)S(=O)(=O)c1cncc(Br)c1. The van der Waals surface area contributed by atoms with Gasteiger partial charge in [0.05, 0.1) is 11.5 Å². The van der Waals surface area contributed by atoms with E-state index in [0.29, 0.717) is 4.47 Å². The summed E-state index contributed by atoms with van der Waals surface area (Å²) in [7, 11) is -2.17. The molecule has 0 saturated heterocycles. The first-order valence-corrected chi connectivity index (χ1v) is 6.83. The van der Waals surface area contributed by atoms with Gasteiger partial charge in [-0.05, 0) is 22.0 Å². The lowest BCUT2D eigenvalue weighted by Crippen LogP contribution is -2.34. The minimum atomic E-state index is -3.58. The highest BCUT2D eigenvalue weighted by Crippen LogP contribution is 2.17. The zero-order valence-electron chi connectivity index (χ0n) is 8.42. The number of nitrogens with two attached hydrogens (primary N) is 1. The lowest BCUT2D eigenvalue weighted by atomic mass is 10.5. The fraction of sp³-hybridized carbons (Fsp3) is 0.250. The van der Waals surface area contributed by atoms with Crippen molar-refractivity contribution in [3.63, 3.8) is 0 Å². The van der Waals surface area contributed by atoms with Gasteiger partial charge in [0.25, 0.3) is 0 Å². The van der Waals surface area contributed by atoms with E-state index in [2.05, 4.69) is 33.1 Å². The molecular formula is C8H10BrN3O2S2. The van der Waals surface area contributed by atoms with Crippen LogP contribution in [0, 0.1) is 0 Å². The first-order valence-electron chi connectivity index (χ1n) is 4.19. The van der Waals surface area contributed by atoms with Crippen LogP contribution >= 0.6 is 28.1 Å². The fourth-order valence-electron chi connectivity index (χ4n) is 1.02. The molecule has 2 N–H and O–H groups in total. The maximum atomic E-state index is 12.0. The molecule has 1 heterocycles. The highest BCUT2D eigenvalue weighted by atomic mass is 79.9. The fourth-order valence-corrected chi connectivity index (χ4v) is 2.95. The summed E-state index contributed by atoms with van der Waals surface area (Å²) in [5.74, 6) is 0. The average Bonchev–Trinajstić information content (AvgIpc) is 2.16. The quantitative estimate of drug-likeness (QED) is 0.827. The summed E-state index contributed by atoms with van der Waals surface area (Å²) in [5.41, 5.74) is 5.30. The minimum absolute atomic E-state index is 0.00415. The molecule has 1 rings (SSSR count). The maximum Gasteiger partial charge on any atom is 0.244 e. The van der Waals surface area contributed by atoms with Crippen molar-refractivity contribution >= 4 is 43.2 Å². The van der Waals surface area contributed by atoms with E-state index in [1.165, 1.54) is 25.5 Å². The summed E-state index contributed by atoms with van der Waals surface area (Å²) >= 11 is 7.82. The molecule has 0 bridgehead atoms. The van der Waals surface area contributed by atoms with Gasteiger partial charge in [0, 0.05) is 23.9 Å². The van der Waals surface area contributed by atoms with E-state index >= 15 is 0 Å². The summed E-state index contributed by atoms with van der Waals surface area (Å²) in [6, 6.07) is 1.47. The first kappa shape index (κ1) is 13.5. The number of hydrogen-bond donors (Lipinski definition) is 1. The zero-order valence-corrected chi connectivity index (χ0v) is 11.6. The van der Waals surface area contributed by atoms with E-state index in [9.17, 15) is 8.42 Å². The molecule has 1 aromatic heterocycles. The van der Waals surface area contributed by atoms with Crippen LogP contribution in [0.25, 0.3) is 0 Å². The Bertz CT molecular complexity index is 504. The summed E-state index contributed by atoms with van der Waals surface area (Å²) in [4.78, 5) is 4.01. The third kappa shape index (κ3) is 3.21. The zero-order chi connectivity index (χ0) is 12.3. The Kier molecular flexibility index (Phi) is 4.36. The monoisotopic (exact) mass is 323 g/mol. The number of hydrogen-bond acceptors (Lipinski definition) is 4. The molecule has 8 heteroatoms. The summed E-state index contributed by atoms with van der Waals surface area (Å²) < 4.78 is 25.6. The highest BCUT2D eigenvalue weighted by molar-refractivity contribution is 9.10. The molecule has 0 spiro atoms. The first-order chi connectivity index (χ1) is 7.34. The maximum absolute atomic E-state index is 12.0. The van der Waals surface area contributed by atoms with Gasteiger partial charge in [-0.3, -0.25) is 4.98 Å². The second kappa shape index (κ2) is 5.17. The van der Waals surface area contributed by atoms with Crippen LogP contribution < -0.4 is 5.73 Å². The number of thiocarbonyl (C=S) groups is 1. The van der Waals surface area contributed by atoms with E-state index in [-0.39, 0.29) is 16.4 Å². The van der Waals surface area contributed by atoms with Crippen LogP contribution in [0.2, 0.25) is 0 Å². The highest BCUT2D eigenvalue weighted by Gasteiger charge is 2.21. The predicted octanol–water partition coefficient (Wildman–Crippen LogP) is 0.751. The smallest absolute Gasteiger partial charge is 0.244 e. The van der Waals surface area contributed by atoms with Crippen molar-refractivity contribution in [3.8, 4) is 0 Å².